The molecule has 1 aromatic carbocycles. The average molecular weight is 304 g/mol. The maximum absolute atomic E-state index is 11.6. The standard InChI is InChI=1S/C17H24N2O3/c1-13(20)19-7-8-22-17-12-18(10-15(17)11-19)9-14-5-3-4-6-16(14)21-2/h3-6,15,17H,7-12H2,1-2H3/t15-,17-/m1/s1. The first-order chi connectivity index (χ1) is 10.7. The van der Waals surface area contributed by atoms with Gasteiger partial charge in [-0.25, -0.2) is 0 Å². The molecule has 0 saturated carbocycles. The molecule has 3 rings (SSSR count). The summed E-state index contributed by atoms with van der Waals surface area (Å²) >= 11 is 0. The number of hydrogen-bond donors (Lipinski definition) is 0. The van der Waals surface area contributed by atoms with Crippen LogP contribution in [0.5, 0.6) is 5.75 Å². The lowest BCUT2D eigenvalue weighted by molar-refractivity contribution is -0.129. The molecule has 120 valence electrons. The zero-order chi connectivity index (χ0) is 15.5. The molecule has 0 N–H and O–H groups in total. The van der Waals surface area contributed by atoms with Crippen molar-refractivity contribution >= 4 is 5.91 Å². The molecule has 0 aliphatic carbocycles. The quantitative estimate of drug-likeness (QED) is 0.846. The number of methoxy groups -OCH3 is 1. The van der Waals surface area contributed by atoms with E-state index in [0.29, 0.717) is 12.5 Å². The lowest BCUT2D eigenvalue weighted by Gasteiger charge is -2.22. The molecule has 2 atom stereocenters. The van der Waals surface area contributed by atoms with Crippen LogP contribution in [-0.2, 0) is 16.1 Å². The van der Waals surface area contributed by atoms with Crippen LogP contribution in [0.1, 0.15) is 12.5 Å². The Kier molecular flexibility index (Phi) is 4.64. The Morgan fingerprint density at radius 1 is 1.32 bits per heavy atom. The minimum atomic E-state index is 0.146. The molecule has 22 heavy (non-hydrogen) atoms. The maximum Gasteiger partial charge on any atom is 0.219 e. The van der Waals surface area contributed by atoms with Crippen molar-refractivity contribution in [3.05, 3.63) is 29.8 Å². The van der Waals surface area contributed by atoms with Crippen LogP contribution in [0.3, 0.4) is 0 Å². The molecule has 0 spiro atoms. The van der Waals surface area contributed by atoms with Gasteiger partial charge < -0.3 is 14.4 Å². The van der Waals surface area contributed by atoms with Crippen LogP contribution in [0.15, 0.2) is 24.3 Å². The third-order valence-corrected chi connectivity index (χ3v) is 4.64. The van der Waals surface area contributed by atoms with Crippen LogP contribution in [0.4, 0.5) is 0 Å². The van der Waals surface area contributed by atoms with Gasteiger partial charge in [-0.1, -0.05) is 18.2 Å². The normalized spacial score (nSPS) is 25.6. The molecule has 2 aliphatic heterocycles. The van der Waals surface area contributed by atoms with Crippen molar-refractivity contribution in [3.8, 4) is 5.75 Å². The molecule has 2 saturated heterocycles. The van der Waals surface area contributed by atoms with Crippen molar-refractivity contribution in [1.29, 1.82) is 0 Å². The van der Waals surface area contributed by atoms with Gasteiger partial charge in [0.25, 0.3) is 0 Å². The Morgan fingerprint density at radius 2 is 2.14 bits per heavy atom. The number of fused-ring (bicyclic) bond motifs is 1. The van der Waals surface area contributed by atoms with Crippen molar-refractivity contribution in [2.45, 2.75) is 19.6 Å². The summed E-state index contributed by atoms with van der Waals surface area (Å²) in [6.45, 7) is 6.56. The number of nitrogens with zero attached hydrogens (tertiary/aromatic N) is 2. The Balaban J connectivity index is 1.65. The smallest absolute Gasteiger partial charge is 0.219 e. The zero-order valence-electron chi connectivity index (χ0n) is 13.3. The zero-order valence-corrected chi connectivity index (χ0v) is 13.3. The second kappa shape index (κ2) is 6.67. The van der Waals surface area contributed by atoms with E-state index in [1.807, 2.05) is 23.1 Å². The summed E-state index contributed by atoms with van der Waals surface area (Å²) in [6, 6.07) is 8.14. The summed E-state index contributed by atoms with van der Waals surface area (Å²) in [5, 5.41) is 0. The van der Waals surface area contributed by atoms with E-state index in [1.54, 1.807) is 14.0 Å². The van der Waals surface area contributed by atoms with Crippen molar-refractivity contribution < 1.29 is 14.3 Å². The summed E-state index contributed by atoms with van der Waals surface area (Å²) < 4.78 is 11.4. The lowest BCUT2D eigenvalue weighted by Crippen LogP contribution is -2.35. The maximum atomic E-state index is 11.6. The highest BCUT2D eigenvalue weighted by atomic mass is 16.5. The monoisotopic (exact) mass is 304 g/mol. The number of likely N-dealkylation sites (tertiary alicyclic amines) is 1. The highest BCUT2D eigenvalue weighted by molar-refractivity contribution is 5.73. The molecule has 0 aromatic heterocycles. The first kappa shape index (κ1) is 15.3. The van der Waals surface area contributed by atoms with Gasteiger partial charge in [-0.15, -0.1) is 0 Å². The van der Waals surface area contributed by atoms with Crippen molar-refractivity contribution in [1.82, 2.24) is 9.80 Å². The molecule has 0 bridgehead atoms. The van der Waals surface area contributed by atoms with E-state index in [-0.39, 0.29) is 12.0 Å². The molecule has 5 nitrogen and oxygen atoms in total. The second-order valence-corrected chi connectivity index (χ2v) is 6.14. The fourth-order valence-corrected chi connectivity index (χ4v) is 3.47. The van der Waals surface area contributed by atoms with E-state index >= 15 is 0 Å². The van der Waals surface area contributed by atoms with Gasteiger partial charge >= 0.3 is 0 Å². The number of carbonyl (C=O) groups is 1. The molecular weight excluding hydrogens is 280 g/mol. The van der Waals surface area contributed by atoms with Gasteiger partial charge in [-0.05, 0) is 6.07 Å². The number of para-hydroxylation sites is 1. The minimum Gasteiger partial charge on any atom is -0.496 e. The van der Waals surface area contributed by atoms with Crippen LogP contribution < -0.4 is 4.74 Å². The van der Waals surface area contributed by atoms with E-state index < -0.39 is 0 Å². The summed E-state index contributed by atoms with van der Waals surface area (Å²) in [6.07, 6.45) is 0.235. The largest absolute Gasteiger partial charge is 0.496 e. The van der Waals surface area contributed by atoms with Crippen LogP contribution >= 0.6 is 0 Å². The molecule has 5 heteroatoms. The first-order valence-electron chi connectivity index (χ1n) is 7.88. The highest BCUT2D eigenvalue weighted by Gasteiger charge is 2.37. The van der Waals surface area contributed by atoms with Gasteiger partial charge in [0.1, 0.15) is 5.75 Å². The molecule has 0 unspecified atom stereocenters. The Labute approximate surface area is 131 Å². The van der Waals surface area contributed by atoms with Crippen LogP contribution in [0.25, 0.3) is 0 Å². The molecule has 2 heterocycles. The topological polar surface area (TPSA) is 42.0 Å². The highest BCUT2D eigenvalue weighted by Crippen LogP contribution is 2.27. The first-order valence-corrected chi connectivity index (χ1v) is 7.88. The number of hydrogen-bond acceptors (Lipinski definition) is 4. The van der Waals surface area contributed by atoms with Crippen molar-refractivity contribution in [3.63, 3.8) is 0 Å². The van der Waals surface area contributed by atoms with Gasteiger partial charge in [0.15, 0.2) is 0 Å². The number of amides is 1. The van der Waals surface area contributed by atoms with Crippen molar-refractivity contribution in [2.24, 2.45) is 5.92 Å². The molecular formula is C17H24N2O3. The number of rotatable bonds is 3. The molecule has 1 amide bonds. The predicted octanol–water partition coefficient (Wildman–Crippen LogP) is 1.37. The van der Waals surface area contributed by atoms with Crippen LogP contribution in [0, 0.1) is 5.92 Å². The van der Waals surface area contributed by atoms with Crippen LogP contribution in [-0.4, -0.2) is 61.7 Å². The van der Waals surface area contributed by atoms with E-state index in [4.69, 9.17) is 9.47 Å². The van der Waals surface area contributed by atoms with E-state index in [0.717, 1.165) is 38.5 Å². The Hall–Kier alpha value is -1.59. The lowest BCUT2D eigenvalue weighted by atomic mass is 10.1. The Bertz CT molecular complexity index is 534. The molecule has 1 aromatic rings. The number of carbonyl (C=O) groups excluding carboxylic acids is 1. The molecule has 2 aliphatic rings. The van der Waals surface area contributed by atoms with Crippen LogP contribution in [0.2, 0.25) is 0 Å². The summed E-state index contributed by atoms with van der Waals surface area (Å²) in [5.74, 6) is 1.48. The summed E-state index contributed by atoms with van der Waals surface area (Å²) in [4.78, 5) is 16.0. The minimum absolute atomic E-state index is 0.146. The third-order valence-electron chi connectivity index (χ3n) is 4.64. The van der Waals surface area contributed by atoms with Gasteiger partial charge in [0.05, 0.1) is 19.8 Å². The SMILES string of the molecule is COc1ccccc1CN1C[C@@H]2CN(C(C)=O)CCO[C@@H]2C1. The van der Waals surface area contributed by atoms with Gasteiger partial charge in [-0.3, -0.25) is 9.69 Å². The van der Waals surface area contributed by atoms with E-state index in [1.165, 1.54) is 5.56 Å². The van der Waals surface area contributed by atoms with Gasteiger partial charge in [-0.2, -0.15) is 0 Å². The second-order valence-electron chi connectivity index (χ2n) is 6.14. The summed E-state index contributed by atoms with van der Waals surface area (Å²) in [7, 11) is 1.71. The summed E-state index contributed by atoms with van der Waals surface area (Å²) in [5.41, 5.74) is 1.20. The fourth-order valence-electron chi connectivity index (χ4n) is 3.47. The predicted molar refractivity (Wildman–Crippen MR) is 83.8 cm³/mol. The van der Waals surface area contributed by atoms with Gasteiger partial charge in [0, 0.05) is 51.1 Å². The van der Waals surface area contributed by atoms with E-state index in [9.17, 15) is 4.79 Å². The van der Waals surface area contributed by atoms with E-state index in [2.05, 4.69) is 11.0 Å². The third kappa shape index (κ3) is 3.25. The molecule has 0 radical (unpaired) electrons. The number of benzene rings is 1. The van der Waals surface area contributed by atoms with Crippen molar-refractivity contribution in [2.75, 3.05) is 39.9 Å². The Morgan fingerprint density at radius 3 is 2.91 bits per heavy atom. The number of ether oxygens (including phenoxy) is 2. The average Bonchev–Trinajstić information content (AvgIpc) is 2.77. The van der Waals surface area contributed by atoms with Gasteiger partial charge in [0.2, 0.25) is 5.91 Å². The molecule has 2 fully saturated rings. The fraction of sp³-hybridized carbons (Fsp3) is 0.588.